The molecule has 0 saturated carbocycles. The van der Waals surface area contributed by atoms with Gasteiger partial charge in [-0.05, 0) is 30.5 Å². The van der Waals surface area contributed by atoms with Gasteiger partial charge in [-0.15, -0.1) is 0 Å². The summed E-state index contributed by atoms with van der Waals surface area (Å²) in [7, 11) is 0. The number of carboxylic acids is 1. The fourth-order valence-electron chi connectivity index (χ4n) is 1.72. The van der Waals surface area contributed by atoms with Crippen LogP contribution in [0, 0.1) is 0 Å². The quantitative estimate of drug-likeness (QED) is 0.587. The Balaban J connectivity index is 2.50. The van der Waals surface area contributed by atoms with E-state index in [-0.39, 0.29) is 5.56 Å². The molecular weight excluding hydrogens is 180 g/mol. The second kappa shape index (κ2) is 3.21. The smallest absolute Gasteiger partial charge is 0.337 e. The zero-order valence-corrected chi connectivity index (χ0v) is 7.71. The van der Waals surface area contributed by atoms with E-state index in [4.69, 9.17) is 10.8 Å². The van der Waals surface area contributed by atoms with Gasteiger partial charge in [0.2, 0.25) is 0 Å². The van der Waals surface area contributed by atoms with E-state index in [1.807, 2.05) is 0 Å². The van der Waals surface area contributed by atoms with Crippen molar-refractivity contribution in [3.63, 3.8) is 0 Å². The van der Waals surface area contributed by atoms with E-state index in [0.717, 1.165) is 30.6 Å². The highest BCUT2D eigenvalue weighted by Gasteiger charge is 2.14. The van der Waals surface area contributed by atoms with Gasteiger partial charge >= 0.3 is 5.97 Å². The first-order valence-corrected chi connectivity index (χ1v) is 4.58. The largest absolute Gasteiger partial charge is 0.478 e. The van der Waals surface area contributed by atoms with Crippen molar-refractivity contribution in [3.8, 4) is 0 Å². The molecule has 0 aliphatic carbocycles. The van der Waals surface area contributed by atoms with Crippen LogP contribution < -0.4 is 11.1 Å². The van der Waals surface area contributed by atoms with E-state index in [1.54, 1.807) is 12.1 Å². The Morgan fingerprint density at radius 1 is 1.50 bits per heavy atom. The van der Waals surface area contributed by atoms with E-state index in [2.05, 4.69) is 5.32 Å². The lowest BCUT2D eigenvalue weighted by Crippen LogP contribution is -2.14. The van der Waals surface area contributed by atoms with Crippen LogP contribution >= 0.6 is 0 Å². The Hall–Kier alpha value is -1.71. The fourth-order valence-corrected chi connectivity index (χ4v) is 1.72. The summed E-state index contributed by atoms with van der Waals surface area (Å²) in [6.45, 7) is 0.929. The van der Waals surface area contributed by atoms with Gasteiger partial charge in [-0.1, -0.05) is 0 Å². The van der Waals surface area contributed by atoms with Crippen molar-refractivity contribution in [3.05, 3.63) is 23.3 Å². The van der Waals surface area contributed by atoms with Crippen LogP contribution in [0.15, 0.2) is 12.1 Å². The summed E-state index contributed by atoms with van der Waals surface area (Å²) < 4.78 is 0. The molecule has 0 bridgehead atoms. The number of carboxylic acid groups (broad SMARTS) is 1. The highest BCUT2D eigenvalue weighted by molar-refractivity contribution is 5.95. The first-order valence-electron chi connectivity index (χ1n) is 4.58. The number of fused-ring (bicyclic) bond motifs is 1. The van der Waals surface area contributed by atoms with Crippen LogP contribution in [0.4, 0.5) is 11.4 Å². The fraction of sp³-hybridized carbons (Fsp3) is 0.300. The normalized spacial score (nSPS) is 14.3. The van der Waals surface area contributed by atoms with Crippen LogP contribution in [0.3, 0.4) is 0 Å². The van der Waals surface area contributed by atoms with Crippen LogP contribution in [0.5, 0.6) is 0 Å². The van der Waals surface area contributed by atoms with Crippen LogP contribution in [0.1, 0.15) is 22.3 Å². The summed E-state index contributed by atoms with van der Waals surface area (Å²) in [4.78, 5) is 10.8. The molecule has 0 atom stereocenters. The van der Waals surface area contributed by atoms with Gasteiger partial charge in [-0.2, -0.15) is 0 Å². The summed E-state index contributed by atoms with van der Waals surface area (Å²) in [5.74, 6) is -0.962. The SMILES string of the molecule is Nc1cc2c(cc1C(=O)O)CCCN2. The Bertz CT molecular complexity index is 388. The molecule has 4 nitrogen and oxygen atoms in total. The number of hydrogen-bond acceptors (Lipinski definition) is 3. The van der Waals surface area contributed by atoms with Crippen molar-refractivity contribution in [2.75, 3.05) is 17.6 Å². The maximum Gasteiger partial charge on any atom is 0.337 e. The highest BCUT2D eigenvalue weighted by Crippen LogP contribution is 2.27. The van der Waals surface area contributed by atoms with Crippen molar-refractivity contribution in [1.82, 2.24) is 0 Å². The minimum atomic E-state index is -0.962. The molecule has 0 radical (unpaired) electrons. The molecule has 0 spiro atoms. The number of aryl methyl sites for hydroxylation is 1. The average molecular weight is 192 g/mol. The highest BCUT2D eigenvalue weighted by atomic mass is 16.4. The van der Waals surface area contributed by atoms with Crippen molar-refractivity contribution >= 4 is 17.3 Å². The zero-order chi connectivity index (χ0) is 10.1. The number of nitrogen functional groups attached to an aromatic ring is 1. The summed E-state index contributed by atoms with van der Waals surface area (Å²) in [5.41, 5.74) is 8.17. The van der Waals surface area contributed by atoms with E-state index in [1.165, 1.54) is 0 Å². The summed E-state index contributed by atoms with van der Waals surface area (Å²) in [5, 5.41) is 12.1. The Labute approximate surface area is 81.7 Å². The molecule has 0 saturated heterocycles. The van der Waals surface area contributed by atoms with Gasteiger partial charge in [0.1, 0.15) is 0 Å². The number of hydrogen-bond donors (Lipinski definition) is 3. The average Bonchev–Trinajstić information content (AvgIpc) is 2.16. The molecule has 2 rings (SSSR count). The lowest BCUT2D eigenvalue weighted by atomic mass is 9.99. The number of nitrogens with two attached hydrogens (primary N) is 1. The Kier molecular flexibility index (Phi) is 2.04. The number of anilines is 2. The number of rotatable bonds is 1. The van der Waals surface area contributed by atoms with Crippen LogP contribution in [0.25, 0.3) is 0 Å². The van der Waals surface area contributed by atoms with Crippen molar-refractivity contribution in [1.29, 1.82) is 0 Å². The third kappa shape index (κ3) is 1.39. The van der Waals surface area contributed by atoms with Crippen molar-refractivity contribution in [2.24, 2.45) is 0 Å². The van der Waals surface area contributed by atoms with Gasteiger partial charge in [0.25, 0.3) is 0 Å². The van der Waals surface area contributed by atoms with Gasteiger partial charge in [0, 0.05) is 17.9 Å². The Morgan fingerprint density at radius 2 is 2.29 bits per heavy atom. The number of benzene rings is 1. The third-order valence-electron chi connectivity index (χ3n) is 2.44. The first kappa shape index (κ1) is 8.87. The number of aromatic carboxylic acids is 1. The Morgan fingerprint density at radius 3 is 3.00 bits per heavy atom. The molecule has 0 aromatic heterocycles. The molecule has 0 unspecified atom stereocenters. The molecule has 0 fully saturated rings. The molecule has 14 heavy (non-hydrogen) atoms. The van der Waals surface area contributed by atoms with E-state index >= 15 is 0 Å². The predicted molar refractivity (Wildman–Crippen MR) is 54.6 cm³/mol. The van der Waals surface area contributed by atoms with Gasteiger partial charge in [0.05, 0.1) is 5.56 Å². The maximum atomic E-state index is 10.8. The molecule has 1 heterocycles. The molecule has 4 N–H and O–H groups in total. The van der Waals surface area contributed by atoms with Gasteiger partial charge < -0.3 is 16.2 Å². The maximum absolute atomic E-state index is 10.8. The van der Waals surface area contributed by atoms with E-state index < -0.39 is 5.97 Å². The number of carbonyl (C=O) groups is 1. The van der Waals surface area contributed by atoms with Crippen LogP contribution in [-0.4, -0.2) is 17.6 Å². The second-order valence-corrected chi connectivity index (χ2v) is 3.43. The molecule has 74 valence electrons. The monoisotopic (exact) mass is 192 g/mol. The molecule has 1 aliphatic rings. The molecular formula is C10H12N2O2. The summed E-state index contributed by atoms with van der Waals surface area (Å²) >= 11 is 0. The second-order valence-electron chi connectivity index (χ2n) is 3.43. The van der Waals surface area contributed by atoms with Crippen LogP contribution in [0.2, 0.25) is 0 Å². The predicted octanol–water partition coefficient (Wildman–Crippen LogP) is 1.33. The molecule has 0 amide bonds. The number of nitrogens with one attached hydrogen (secondary N) is 1. The van der Waals surface area contributed by atoms with E-state index in [9.17, 15) is 4.79 Å². The standard InChI is InChI=1S/C10H12N2O2/c11-8-5-9-6(2-1-3-12-9)4-7(8)10(13)14/h4-5,12H,1-3,11H2,(H,13,14). The summed E-state index contributed by atoms with van der Waals surface area (Å²) in [6.07, 6.45) is 1.96. The molecule has 1 aromatic rings. The first-order chi connectivity index (χ1) is 6.68. The molecule has 4 heteroatoms. The van der Waals surface area contributed by atoms with Gasteiger partial charge in [-0.3, -0.25) is 0 Å². The minimum Gasteiger partial charge on any atom is -0.478 e. The van der Waals surface area contributed by atoms with Gasteiger partial charge in [0.15, 0.2) is 0 Å². The van der Waals surface area contributed by atoms with Crippen LogP contribution in [-0.2, 0) is 6.42 Å². The third-order valence-corrected chi connectivity index (χ3v) is 2.44. The lowest BCUT2D eigenvalue weighted by Gasteiger charge is -2.19. The lowest BCUT2D eigenvalue weighted by molar-refractivity contribution is 0.0698. The van der Waals surface area contributed by atoms with Gasteiger partial charge in [-0.25, -0.2) is 4.79 Å². The topological polar surface area (TPSA) is 75.4 Å². The zero-order valence-electron chi connectivity index (χ0n) is 7.71. The molecule has 1 aromatic carbocycles. The summed E-state index contributed by atoms with van der Waals surface area (Å²) in [6, 6.07) is 3.37. The van der Waals surface area contributed by atoms with Crippen molar-refractivity contribution < 1.29 is 9.90 Å². The van der Waals surface area contributed by atoms with Crippen molar-refractivity contribution in [2.45, 2.75) is 12.8 Å². The van der Waals surface area contributed by atoms with E-state index in [0.29, 0.717) is 5.69 Å². The minimum absolute atomic E-state index is 0.201. The molecule has 1 aliphatic heterocycles.